The van der Waals surface area contributed by atoms with Crippen molar-refractivity contribution < 1.29 is 0 Å². The molecule has 0 aliphatic heterocycles. The first kappa shape index (κ1) is 7.64. The van der Waals surface area contributed by atoms with Crippen LogP contribution in [-0.2, 0) is 6.54 Å². The standard InChI is InChI=1S/C7H9BClN/c8-6-2-1-5(4-10)7(9)3-6/h1-3H,4,8,10H2. The van der Waals surface area contributed by atoms with Crippen molar-refractivity contribution in [1.82, 2.24) is 0 Å². The monoisotopic (exact) mass is 153 g/mol. The highest BCUT2D eigenvalue weighted by Gasteiger charge is 1.95. The maximum Gasteiger partial charge on any atom is 0.139 e. The van der Waals surface area contributed by atoms with Gasteiger partial charge in [0.1, 0.15) is 7.85 Å². The number of rotatable bonds is 1. The molecule has 0 saturated carbocycles. The first-order chi connectivity index (χ1) is 4.74. The van der Waals surface area contributed by atoms with Crippen LogP contribution in [-0.4, -0.2) is 7.85 Å². The van der Waals surface area contributed by atoms with E-state index in [4.69, 9.17) is 17.3 Å². The predicted molar refractivity (Wildman–Crippen MR) is 47.5 cm³/mol. The molecule has 1 rings (SSSR count). The van der Waals surface area contributed by atoms with Crippen molar-refractivity contribution in [1.29, 1.82) is 0 Å². The fraction of sp³-hybridized carbons (Fsp3) is 0.143. The summed E-state index contributed by atoms with van der Waals surface area (Å²) >= 11 is 5.85. The molecule has 2 N–H and O–H groups in total. The summed E-state index contributed by atoms with van der Waals surface area (Å²) in [6.45, 7) is 0.513. The highest BCUT2D eigenvalue weighted by atomic mass is 35.5. The summed E-state index contributed by atoms with van der Waals surface area (Å²) in [5.41, 5.74) is 7.59. The minimum absolute atomic E-state index is 0.513. The van der Waals surface area contributed by atoms with Crippen LogP contribution in [0.15, 0.2) is 18.2 Å². The molecule has 0 heterocycles. The molecular formula is C7H9BClN. The summed E-state index contributed by atoms with van der Waals surface area (Å²) in [6.07, 6.45) is 0. The quantitative estimate of drug-likeness (QED) is 0.567. The molecule has 1 nitrogen and oxygen atoms in total. The molecule has 0 unspecified atom stereocenters. The third-order valence-electron chi connectivity index (χ3n) is 1.43. The van der Waals surface area contributed by atoms with E-state index in [0.717, 1.165) is 10.6 Å². The summed E-state index contributed by atoms with van der Waals surface area (Å²) in [7, 11) is 2.01. The largest absolute Gasteiger partial charge is 0.326 e. The Balaban J connectivity index is 3.07. The van der Waals surface area contributed by atoms with Gasteiger partial charge in [-0.2, -0.15) is 0 Å². The summed E-state index contributed by atoms with van der Waals surface area (Å²) in [5.74, 6) is 0. The number of halogens is 1. The molecule has 0 aliphatic carbocycles. The van der Waals surface area contributed by atoms with Gasteiger partial charge in [0.2, 0.25) is 0 Å². The smallest absolute Gasteiger partial charge is 0.139 e. The Morgan fingerprint density at radius 1 is 1.50 bits per heavy atom. The van der Waals surface area contributed by atoms with Crippen LogP contribution in [0.25, 0.3) is 0 Å². The van der Waals surface area contributed by atoms with Gasteiger partial charge in [-0.05, 0) is 11.6 Å². The van der Waals surface area contributed by atoms with Crippen molar-refractivity contribution in [3.63, 3.8) is 0 Å². The van der Waals surface area contributed by atoms with Crippen LogP contribution in [0.3, 0.4) is 0 Å². The number of nitrogens with two attached hydrogens (primary N) is 1. The van der Waals surface area contributed by atoms with E-state index in [1.165, 1.54) is 5.46 Å². The molecule has 0 radical (unpaired) electrons. The summed E-state index contributed by atoms with van der Waals surface area (Å²) in [5, 5.41) is 0.766. The summed E-state index contributed by atoms with van der Waals surface area (Å²) in [6, 6.07) is 5.88. The Morgan fingerprint density at radius 2 is 2.20 bits per heavy atom. The molecule has 0 atom stereocenters. The third-order valence-corrected chi connectivity index (χ3v) is 1.78. The molecule has 0 aromatic heterocycles. The molecule has 10 heavy (non-hydrogen) atoms. The van der Waals surface area contributed by atoms with Gasteiger partial charge in [-0.15, -0.1) is 0 Å². The van der Waals surface area contributed by atoms with Crippen LogP contribution < -0.4 is 11.2 Å². The lowest BCUT2D eigenvalue weighted by Gasteiger charge is -2.00. The van der Waals surface area contributed by atoms with E-state index in [1.54, 1.807) is 0 Å². The zero-order valence-corrected chi connectivity index (χ0v) is 6.65. The fourth-order valence-electron chi connectivity index (χ4n) is 0.818. The SMILES string of the molecule is Bc1ccc(CN)c(Cl)c1. The van der Waals surface area contributed by atoms with Crippen LogP contribution in [0.4, 0.5) is 0 Å². The topological polar surface area (TPSA) is 26.0 Å². The van der Waals surface area contributed by atoms with Crippen molar-refractivity contribution >= 4 is 24.9 Å². The van der Waals surface area contributed by atoms with Gasteiger partial charge in [-0.25, -0.2) is 0 Å². The molecule has 52 valence electrons. The van der Waals surface area contributed by atoms with E-state index in [-0.39, 0.29) is 0 Å². The second-order valence-electron chi connectivity index (χ2n) is 2.30. The maximum absolute atomic E-state index is 5.85. The number of hydrogen-bond donors (Lipinski definition) is 1. The van der Waals surface area contributed by atoms with Crippen LogP contribution in [0.1, 0.15) is 5.56 Å². The normalized spacial score (nSPS) is 9.80. The van der Waals surface area contributed by atoms with E-state index >= 15 is 0 Å². The molecular weight excluding hydrogens is 144 g/mol. The zero-order chi connectivity index (χ0) is 7.56. The van der Waals surface area contributed by atoms with Gasteiger partial charge in [0.25, 0.3) is 0 Å². The highest BCUT2D eigenvalue weighted by Crippen LogP contribution is 2.11. The fourth-order valence-corrected chi connectivity index (χ4v) is 1.13. The minimum Gasteiger partial charge on any atom is -0.326 e. The van der Waals surface area contributed by atoms with Crippen molar-refractivity contribution in [3.8, 4) is 0 Å². The van der Waals surface area contributed by atoms with Crippen molar-refractivity contribution in [2.45, 2.75) is 6.54 Å². The lowest BCUT2D eigenvalue weighted by Crippen LogP contribution is -2.04. The average molecular weight is 153 g/mol. The van der Waals surface area contributed by atoms with E-state index in [1.807, 2.05) is 26.0 Å². The summed E-state index contributed by atoms with van der Waals surface area (Å²) in [4.78, 5) is 0. The van der Waals surface area contributed by atoms with Crippen LogP contribution in [0.5, 0.6) is 0 Å². The molecule has 0 amide bonds. The summed E-state index contributed by atoms with van der Waals surface area (Å²) < 4.78 is 0. The molecule has 1 aromatic carbocycles. The highest BCUT2D eigenvalue weighted by molar-refractivity contribution is 6.36. The molecule has 3 heteroatoms. The molecule has 0 bridgehead atoms. The Hall–Kier alpha value is -0.465. The lowest BCUT2D eigenvalue weighted by molar-refractivity contribution is 1.07. The molecule has 0 saturated heterocycles. The van der Waals surface area contributed by atoms with Gasteiger partial charge in [-0.1, -0.05) is 29.2 Å². The van der Waals surface area contributed by atoms with Crippen molar-refractivity contribution in [2.24, 2.45) is 5.73 Å². The second-order valence-corrected chi connectivity index (χ2v) is 2.71. The van der Waals surface area contributed by atoms with E-state index < -0.39 is 0 Å². The molecule has 1 aromatic rings. The van der Waals surface area contributed by atoms with Gasteiger partial charge in [0.15, 0.2) is 0 Å². The Bertz CT molecular complexity index is 237. The Labute approximate surface area is 66.6 Å². The van der Waals surface area contributed by atoms with Crippen LogP contribution >= 0.6 is 11.6 Å². The van der Waals surface area contributed by atoms with Crippen LogP contribution in [0, 0.1) is 0 Å². The predicted octanol–water partition coefficient (Wildman–Crippen LogP) is 0.0571. The Morgan fingerprint density at radius 3 is 2.70 bits per heavy atom. The molecule has 0 aliphatic rings. The lowest BCUT2D eigenvalue weighted by atomic mass is 9.95. The second kappa shape index (κ2) is 3.08. The van der Waals surface area contributed by atoms with Crippen molar-refractivity contribution in [2.75, 3.05) is 0 Å². The van der Waals surface area contributed by atoms with Gasteiger partial charge in [0.05, 0.1) is 0 Å². The van der Waals surface area contributed by atoms with Crippen molar-refractivity contribution in [3.05, 3.63) is 28.8 Å². The van der Waals surface area contributed by atoms with Gasteiger partial charge in [0, 0.05) is 11.6 Å². The molecule has 0 fully saturated rings. The van der Waals surface area contributed by atoms with Crippen LogP contribution in [0.2, 0.25) is 5.02 Å². The Kier molecular flexibility index (Phi) is 2.36. The van der Waals surface area contributed by atoms with E-state index in [0.29, 0.717) is 6.54 Å². The number of hydrogen-bond acceptors (Lipinski definition) is 1. The van der Waals surface area contributed by atoms with Gasteiger partial charge in [-0.3, -0.25) is 0 Å². The van der Waals surface area contributed by atoms with Gasteiger partial charge >= 0.3 is 0 Å². The molecule has 0 spiro atoms. The van der Waals surface area contributed by atoms with Gasteiger partial charge < -0.3 is 5.73 Å². The first-order valence-corrected chi connectivity index (χ1v) is 3.57. The zero-order valence-electron chi connectivity index (χ0n) is 5.89. The van der Waals surface area contributed by atoms with E-state index in [9.17, 15) is 0 Å². The first-order valence-electron chi connectivity index (χ1n) is 3.19. The average Bonchev–Trinajstić information content (AvgIpc) is 1.88. The number of benzene rings is 1. The third kappa shape index (κ3) is 1.52. The van der Waals surface area contributed by atoms with E-state index in [2.05, 4.69) is 0 Å². The minimum atomic E-state index is 0.513. The maximum atomic E-state index is 5.85.